The summed E-state index contributed by atoms with van der Waals surface area (Å²) in [6.07, 6.45) is 1.79. The minimum atomic E-state index is -0.0474. The maximum Gasteiger partial charge on any atom is 0.252 e. The lowest BCUT2D eigenvalue weighted by atomic mass is 10.1. The van der Waals surface area contributed by atoms with Gasteiger partial charge in [-0.1, -0.05) is 18.2 Å². The van der Waals surface area contributed by atoms with E-state index in [1.54, 1.807) is 0 Å². The number of para-hydroxylation sites is 1. The molecule has 20 heavy (non-hydrogen) atoms. The molecule has 0 spiro atoms. The minimum Gasteiger partial charge on any atom is -0.350 e. The van der Waals surface area contributed by atoms with Gasteiger partial charge < -0.3 is 5.32 Å². The van der Waals surface area contributed by atoms with Crippen LogP contribution in [-0.4, -0.2) is 22.8 Å². The Morgan fingerprint density at radius 3 is 2.90 bits per heavy atom. The molecule has 4 heteroatoms. The predicted molar refractivity (Wildman–Crippen MR) is 83.4 cm³/mol. The van der Waals surface area contributed by atoms with Crippen LogP contribution >= 0.6 is 11.6 Å². The summed E-state index contributed by atoms with van der Waals surface area (Å²) in [5.74, 6) is 0.575. The van der Waals surface area contributed by atoms with E-state index in [0.29, 0.717) is 11.4 Å². The second kappa shape index (κ2) is 6.71. The average Bonchev–Trinajstić information content (AvgIpc) is 2.44. The SMILES string of the molecule is Cc1cc(C(=O)NC(C)CCCCl)c2ccccc2n1. The van der Waals surface area contributed by atoms with Gasteiger partial charge in [0.05, 0.1) is 11.1 Å². The molecule has 1 aromatic carbocycles. The minimum absolute atomic E-state index is 0.0474. The first-order chi connectivity index (χ1) is 9.61. The first kappa shape index (κ1) is 14.8. The highest BCUT2D eigenvalue weighted by atomic mass is 35.5. The molecule has 0 fully saturated rings. The number of carbonyl (C=O) groups excluding carboxylic acids is 1. The van der Waals surface area contributed by atoms with Gasteiger partial charge in [-0.2, -0.15) is 0 Å². The van der Waals surface area contributed by atoms with Crippen molar-refractivity contribution in [2.75, 3.05) is 5.88 Å². The third kappa shape index (κ3) is 3.48. The third-order valence-corrected chi connectivity index (χ3v) is 3.50. The van der Waals surface area contributed by atoms with Crippen LogP contribution in [-0.2, 0) is 0 Å². The van der Waals surface area contributed by atoms with E-state index in [2.05, 4.69) is 10.3 Å². The highest BCUT2D eigenvalue weighted by Gasteiger charge is 2.13. The molecule has 0 radical (unpaired) electrons. The lowest BCUT2D eigenvalue weighted by Gasteiger charge is -2.14. The van der Waals surface area contributed by atoms with Gasteiger partial charge in [0.15, 0.2) is 0 Å². The van der Waals surface area contributed by atoms with E-state index in [0.717, 1.165) is 29.4 Å². The molecule has 0 aliphatic carbocycles. The van der Waals surface area contributed by atoms with Crippen LogP contribution < -0.4 is 5.32 Å². The number of benzene rings is 1. The Morgan fingerprint density at radius 1 is 1.40 bits per heavy atom. The normalized spacial score (nSPS) is 12.3. The molecule has 0 aliphatic rings. The summed E-state index contributed by atoms with van der Waals surface area (Å²) >= 11 is 5.68. The van der Waals surface area contributed by atoms with Gasteiger partial charge in [-0.3, -0.25) is 9.78 Å². The molecule has 0 aliphatic heterocycles. The number of nitrogens with zero attached hydrogens (tertiary/aromatic N) is 1. The number of hydrogen-bond donors (Lipinski definition) is 1. The van der Waals surface area contributed by atoms with E-state index in [-0.39, 0.29) is 11.9 Å². The summed E-state index contributed by atoms with van der Waals surface area (Å²) in [6, 6.07) is 9.67. The Labute approximate surface area is 124 Å². The van der Waals surface area contributed by atoms with Crippen LogP contribution in [0.2, 0.25) is 0 Å². The molecule has 1 unspecified atom stereocenters. The lowest BCUT2D eigenvalue weighted by molar-refractivity contribution is 0.0940. The molecule has 3 nitrogen and oxygen atoms in total. The number of nitrogens with one attached hydrogen (secondary N) is 1. The van der Waals surface area contributed by atoms with Crippen molar-refractivity contribution in [3.63, 3.8) is 0 Å². The zero-order chi connectivity index (χ0) is 14.5. The number of amides is 1. The lowest BCUT2D eigenvalue weighted by Crippen LogP contribution is -2.32. The van der Waals surface area contributed by atoms with Crippen molar-refractivity contribution in [3.05, 3.63) is 41.6 Å². The third-order valence-electron chi connectivity index (χ3n) is 3.24. The van der Waals surface area contributed by atoms with Crippen LogP contribution in [0.4, 0.5) is 0 Å². The number of halogens is 1. The van der Waals surface area contributed by atoms with Crippen molar-refractivity contribution in [1.82, 2.24) is 10.3 Å². The topological polar surface area (TPSA) is 42.0 Å². The summed E-state index contributed by atoms with van der Waals surface area (Å²) in [5.41, 5.74) is 2.39. The molecule has 0 bridgehead atoms. The fraction of sp³-hybridized carbons (Fsp3) is 0.375. The first-order valence-corrected chi connectivity index (χ1v) is 7.38. The molecule has 0 saturated heterocycles. The molecule has 1 N–H and O–H groups in total. The maximum absolute atomic E-state index is 12.4. The highest BCUT2D eigenvalue weighted by Crippen LogP contribution is 2.18. The number of fused-ring (bicyclic) bond motifs is 1. The van der Waals surface area contributed by atoms with Crippen molar-refractivity contribution in [2.45, 2.75) is 32.7 Å². The smallest absolute Gasteiger partial charge is 0.252 e. The second-order valence-electron chi connectivity index (χ2n) is 5.03. The van der Waals surface area contributed by atoms with Crippen LogP contribution in [0.5, 0.6) is 0 Å². The maximum atomic E-state index is 12.4. The highest BCUT2D eigenvalue weighted by molar-refractivity contribution is 6.17. The molecule has 1 heterocycles. The van der Waals surface area contributed by atoms with Gasteiger partial charge in [0.2, 0.25) is 0 Å². The van der Waals surface area contributed by atoms with Crippen molar-refractivity contribution in [2.24, 2.45) is 0 Å². The molecular weight excluding hydrogens is 272 g/mol. The number of alkyl halides is 1. The number of pyridine rings is 1. The van der Waals surface area contributed by atoms with Gasteiger partial charge >= 0.3 is 0 Å². The van der Waals surface area contributed by atoms with E-state index < -0.39 is 0 Å². The van der Waals surface area contributed by atoms with Crippen LogP contribution in [0, 0.1) is 6.92 Å². The van der Waals surface area contributed by atoms with Gasteiger partial charge in [0.1, 0.15) is 0 Å². The number of hydrogen-bond acceptors (Lipinski definition) is 2. The van der Waals surface area contributed by atoms with Crippen molar-refractivity contribution in [1.29, 1.82) is 0 Å². The zero-order valence-electron chi connectivity index (χ0n) is 11.8. The Bertz CT molecular complexity index is 612. The summed E-state index contributed by atoms with van der Waals surface area (Å²) < 4.78 is 0. The molecule has 1 aromatic heterocycles. The predicted octanol–water partition coefficient (Wildman–Crippen LogP) is 3.68. The Morgan fingerprint density at radius 2 is 2.15 bits per heavy atom. The Kier molecular flexibility index (Phi) is 4.96. The first-order valence-electron chi connectivity index (χ1n) is 6.85. The van der Waals surface area contributed by atoms with Gasteiger partial charge in [0.25, 0.3) is 5.91 Å². The fourth-order valence-corrected chi connectivity index (χ4v) is 2.41. The van der Waals surface area contributed by atoms with Crippen LogP contribution in [0.3, 0.4) is 0 Å². The van der Waals surface area contributed by atoms with Gasteiger partial charge in [-0.25, -0.2) is 0 Å². The number of aryl methyl sites for hydroxylation is 1. The summed E-state index contributed by atoms with van der Waals surface area (Å²) in [7, 11) is 0. The second-order valence-corrected chi connectivity index (χ2v) is 5.41. The molecular formula is C16H19ClN2O. The van der Waals surface area contributed by atoms with Crippen molar-refractivity contribution < 1.29 is 4.79 Å². The fourth-order valence-electron chi connectivity index (χ4n) is 2.25. The van der Waals surface area contributed by atoms with E-state index in [9.17, 15) is 4.79 Å². The molecule has 1 atom stereocenters. The van der Waals surface area contributed by atoms with Gasteiger partial charge in [0, 0.05) is 23.0 Å². The largest absolute Gasteiger partial charge is 0.350 e. The van der Waals surface area contributed by atoms with E-state index in [1.165, 1.54) is 0 Å². The van der Waals surface area contributed by atoms with E-state index in [4.69, 9.17) is 11.6 Å². The zero-order valence-corrected chi connectivity index (χ0v) is 12.6. The Balaban J connectivity index is 2.25. The van der Waals surface area contributed by atoms with Crippen LogP contribution in [0.25, 0.3) is 10.9 Å². The van der Waals surface area contributed by atoms with Crippen LogP contribution in [0.15, 0.2) is 30.3 Å². The summed E-state index contributed by atoms with van der Waals surface area (Å²) in [6.45, 7) is 3.90. The number of rotatable bonds is 5. The molecule has 2 rings (SSSR count). The standard InChI is InChI=1S/C16H19ClN2O/c1-11(6-5-9-17)19-16(20)14-10-12(2)18-15-8-4-3-7-13(14)15/h3-4,7-8,10-11H,5-6,9H2,1-2H3,(H,19,20). The molecule has 2 aromatic rings. The van der Waals surface area contributed by atoms with Gasteiger partial charge in [-0.15, -0.1) is 11.6 Å². The Hall–Kier alpha value is -1.61. The van der Waals surface area contributed by atoms with E-state index >= 15 is 0 Å². The van der Waals surface area contributed by atoms with Crippen molar-refractivity contribution >= 4 is 28.4 Å². The monoisotopic (exact) mass is 290 g/mol. The number of carbonyl (C=O) groups is 1. The quantitative estimate of drug-likeness (QED) is 0.854. The molecule has 1 amide bonds. The molecule has 0 saturated carbocycles. The number of aromatic nitrogens is 1. The van der Waals surface area contributed by atoms with Gasteiger partial charge in [-0.05, 0) is 38.8 Å². The van der Waals surface area contributed by atoms with Crippen LogP contribution in [0.1, 0.15) is 35.8 Å². The molecule has 106 valence electrons. The van der Waals surface area contributed by atoms with Crippen molar-refractivity contribution in [3.8, 4) is 0 Å². The average molecular weight is 291 g/mol. The summed E-state index contributed by atoms with van der Waals surface area (Å²) in [4.78, 5) is 16.9. The summed E-state index contributed by atoms with van der Waals surface area (Å²) in [5, 5.41) is 3.91. The van der Waals surface area contributed by atoms with E-state index in [1.807, 2.05) is 44.2 Å².